The molecule has 1 aromatic heterocycles. The number of nitrogens with zero attached hydrogens (tertiary/aromatic N) is 2. The Balaban J connectivity index is 1.60. The van der Waals surface area contributed by atoms with Gasteiger partial charge >= 0.3 is 0 Å². The first-order valence-corrected chi connectivity index (χ1v) is 6.27. The van der Waals surface area contributed by atoms with Crippen LogP contribution in [0.1, 0.15) is 32.6 Å². The Labute approximate surface area is 97.0 Å². The lowest BCUT2D eigenvalue weighted by molar-refractivity contribution is 0.305. The van der Waals surface area contributed by atoms with Gasteiger partial charge in [-0.1, -0.05) is 12.8 Å². The lowest BCUT2D eigenvalue weighted by Crippen LogP contribution is -2.30. The molecule has 0 aromatic carbocycles. The van der Waals surface area contributed by atoms with E-state index in [1.54, 1.807) is 6.20 Å². The first-order valence-electron chi connectivity index (χ1n) is 6.27. The predicted octanol–water partition coefficient (Wildman–Crippen LogP) is 1.81. The van der Waals surface area contributed by atoms with Crippen LogP contribution in [0.25, 0.3) is 0 Å². The molecule has 0 saturated heterocycles. The second-order valence-electron chi connectivity index (χ2n) is 4.32. The van der Waals surface area contributed by atoms with Crippen molar-refractivity contribution in [1.29, 1.82) is 0 Å². The van der Waals surface area contributed by atoms with Gasteiger partial charge in [0, 0.05) is 19.1 Å². The monoisotopic (exact) mass is 223 g/mol. The quantitative estimate of drug-likeness (QED) is 0.748. The maximum absolute atomic E-state index is 5.60. The van der Waals surface area contributed by atoms with Gasteiger partial charge in [-0.3, -0.25) is 4.68 Å². The van der Waals surface area contributed by atoms with E-state index in [1.807, 2.05) is 10.9 Å². The van der Waals surface area contributed by atoms with Crippen molar-refractivity contribution in [3.05, 3.63) is 12.4 Å². The van der Waals surface area contributed by atoms with Gasteiger partial charge in [-0.15, -0.1) is 0 Å². The highest BCUT2D eigenvalue weighted by atomic mass is 16.5. The predicted molar refractivity (Wildman–Crippen MR) is 63.7 cm³/mol. The average Bonchev–Trinajstić information content (AvgIpc) is 2.95. The molecule has 1 aliphatic rings. The summed E-state index contributed by atoms with van der Waals surface area (Å²) in [4.78, 5) is 0. The first-order chi connectivity index (χ1) is 7.88. The van der Waals surface area contributed by atoms with E-state index in [1.165, 1.54) is 25.7 Å². The normalized spacial score (nSPS) is 16.8. The smallest absolute Gasteiger partial charge is 0.157 e. The number of ether oxygens (including phenoxy) is 1. The van der Waals surface area contributed by atoms with Gasteiger partial charge in [0.2, 0.25) is 0 Å². The molecule has 4 nitrogen and oxygen atoms in total. The molecule has 1 fully saturated rings. The van der Waals surface area contributed by atoms with E-state index < -0.39 is 0 Å². The van der Waals surface area contributed by atoms with Crippen molar-refractivity contribution in [2.24, 2.45) is 0 Å². The zero-order valence-electron chi connectivity index (χ0n) is 9.98. The van der Waals surface area contributed by atoms with Gasteiger partial charge < -0.3 is 10.1 Å². The zero-order chi connectivity index (χ0) is 11.2. The van der Waals surface area contributed by atoms with Gasteiger partial charge in [0.05, 0.1) is 12.4 Å². The summed E-state index contributed by atoms with van der Waals surface area (Å²) in [6.45, 7) is 4.62. The Kier molecular flexibility index (Phi) is 4.22. The van der Waals surface area contributed by atoms with E-state index in [-0.39, 0.29) is 0 Å². The SMILES string of the molecule is CCn1cc(OCCNC2CCCC2)cn1. The molecular formula is C12H21N3O. The van der Waals surface area contributed by atoms with Crippen LogP contribution in [-0.4, -0.2) is 29.0 Å². The highest BCUT2D eigenvalue weighted by Gasteiger charge is 2.13. The minimum atomic E-state index is 0.724. The van der Waals surface area contributed by atoms with Gasteiger partial charge in [-0.25, -0.2) is 0 Å². The molecule has 16 heavy (non-hydrogen) atoms. The van der Waals surface area contributed by atoms with Crippen molar-refractivity contribution in [2.45, 2.75) is 45.2 Å². The molecule has 0 bridgehead atoms. The molecule has 1 heterocycles. The lowest BCUT2D eigenvalue weighted by Gasteiger charge is -2.11. The van der Waals surface area contributed by atoms with Gasteiger partial charge in [0.1, 0.15) is 6.61 Å². The standard InChI is InChI=1S/C12H21N3O/c1-2-15-10-12(9-14-15)16-8-7-13-11-5-3-4-6-11/h9-11,13H,2-8H2,1H3. The summed E-state index contributed by atoms with van der Waals surface area (Å²) in [5.74, 6) is 0.870. The molecule has 1 aliphatic carbocycles. The maximum atomic E-state index is 5.60. The minimum Gasteiger partial charge on any atom is -0.489 e. The fraction of sp³-hybridized carbons (Fsp3) is 0.750. The van der Waals surface area contributed by atoms with Crippen molar-refractivity contribution >= 4 is 0 Å². The highest BCUT2D eigenvalue weighted by molar-refractivity contribution is 5.11. The van der Waals surface area contributed by atoms with E-state index in [9.17, 15) is 0 Å². The van der Waals surface area contributed by atoms with Crippen LogP contribution in [0.2, 0.25) is 0 Å². The third kappa shape index (κ3) is 3.23. The summed E-state index contributed by atoms with van der Waals surface area (Å²) in [6, 6.07) is 0.724. The third-order valence-corrected chi connectivity index (χ3v) is 3.09. The van der Waals surface area contributed by atoms with Crippen LogP contribution in [0, 0.1) is 0 Å². The Hall–Kier alpha value is -1.03. The second kappa shape index (κ2) is 5.89. The molecule has 1 aromatic rings. The molecule has 90 valence electrons. The molecule has 2 rings (SSSR count). The zero-order valence-corrected chi connectivity index (χ0v) is 9.98. The highest BCUT2D eigenvalue weighted by Crippen LogP contribution is 2.17. The van der Waals surface area contributed by atoms with Crippen LogP contribution in [-0.2, 0) is 6.54 Å². The van der Waals surface area contributed by atoms with Crippen LogP contribution >= 0.6 is 0 Å². The van der Waals surface area contributed by atoms with Crippen molar-refractivity contribution in [3.63, 3.8) is 0 Å². The van der Waals surface area contributed by atoms with Gasteiger partial charge in [0.15, 0.2) is 5.75 Å². The van der Waals surface area contributed by atoms with Gasteiger partial charge in [-0.2, -0.15) is 5.10 Å². The lowest BCUT2D eigenvalue weighted by atomic mass is 10.2. The number of rotatable bonds is 6. The van der Waals surface area contributed by atoms with Crippen molar-refractivity contribution in [2.75, 3.05) is 13.2 Å². The van der Waals surface area contributed by atoms with Crippen LogP contribution < -0.4 is 10.1 Å². The largest absolute Gasteiger partial charge is 0.489 e. The summed E-state index contributed by atoms with van der Waals surface area (Å²) in [5.41, 5.74) is 0. The second-order valence-corrected chi connectivity index (χ2v) is 4.32. The Bertz CT molecular complexity index is 305. The molecule has 0 aliphatic heterocycles. The third-order valence-electron chi connectivity index (χ3n) is 3.09. The number of hydrogen-bond donors (Lipinski definition) is 1. The van der Waals surface area contributed by atoms with Gasteiger partial charge in [-0.05, 0) is 19.8 Å². The minimum absolute atomic E-state index is 0.724. The number of nitrogens with one attached hydrogen (secondary N) is 1. The van der Waals surface area contributed by atoms with E-state index in [4.69, 9.17) is 4.74 Å². The van der Waals surface area contributed by atoms with E-state index in [0.29, 0.717) is 0 Å². The summed E-state index contributed by atoms with van der Waals surface area (Å²) < 4.78 is 7.48. The molecule has 0 radical (unpaired) electrons. The van der Waals surface area contributed by atoms with E-state index in [0.717, 1.165) is 31.5 Å². The van der Waals surface area contributed by atoms with E-state index in [2.05, 4.69) is 17.3 Å². The summed E-state index contributed by atoms with van der Waals surface area (Å²) in [6.07, 6.45) is 9.12. The molecule has 1 saturated carbocycles. The number of hydrogen-bond acceptors (Lipinski definition) is 3. The molecule has 0 unspecified atom stereocenters. The van der Waals surface area contributed by atoms with Crippen LogP contribution in [0.4, 0.5) is 0 Å². The van der Waals surface area contributed by atoms with Crippen molar-refractivity contribution < 1.29 is 4.74 Å². The van der Waals surface area contributed by atoms with Crippen molar-refractivity contribution in [1.82, 2.24) is 15.1 Å². The topological polar surface area (TPSA) is 39.1 Å². The molecule has 4 heteroatoms. The number of aromatic nitrogens is 2. The van der Waals surface area contributed by atoms with Crippen molar-refractivity contribution in [3.8, 4) is 5.75 Å². The van der Waals surface area contributed by atoms with E-state index >= 15 is 0 Å². The summed E-state index contributed by atoms with van der Waals surface area (Å²) >= 11 is 0. The average molecular weight is 223 g/mol. The maximum Gasteiger partial charge on any atom is 0.157 e. The summed E-state index contributed by atoms with van der Waals surface area (Å²) in [7, 11) is 0. The van der Waals surface area contributed by atoms with Crippen LogP contribution in [0.15, 0.2) is 12.4 Å². The van der Waals surface area contributed by atoms with Gasteiger partial charge in [0.25, 0.3) is 0 Å². The van der Waals surface area contributed by atoms with Crippen LogP contribution in [0.3, 0.4) is 0 Å². The Morgan fingerprint density at radius 3 is 3.00 bits per heavy atom. The van der Waals surface area contributed by atoms with Crippen LogP contribution in [0.5, 0.6) is 5.75 Å². The first kappa shape index (κ1) is 11.5. The summed E-state index contributed by atoms with van der Waals surface area (Å²) in [5, 5.41) is 7.68. The fourth-order valence-corrected chi connectivity index (χ4v) is 2.15. The number of aryl methyl sites for hydroxylation is 1. The fourth-order valence-electron chi connectivity index (χ4n) is 2.15. The molecular weight excluding hydrogens is 202 g/mol. The molecule has 0 amide bonds. The molecule has 1 N–H and O–H groups in total. The Morgan fingerprint density at radius 2 is 2.31 bits per heavy atom. The Morgan fingerprint density at radius 1 is 1.50 bits per heavy atom. The molecule has 0 spiro atoms. The molecule has 0 atom stereocenters.